The van der Waals surface area contributed by atoms with Gasteiger partial charge in [0.2, 0.25) is 10.0 Å². The average molecular weight is 485 g/mol. The molecule has 0 bridgehead atoms. The van der Waals surface area contributed by atoms with Crippen LogP contribution in [0.4, 0.5) is 5.69 Å². The zero-order valence-electron chi connectivity index (χ0n) is 18.3. The number of rotatable bonds is 9. The molecule has 2 N–H and O–H groups in total. The van der Waals surface area contributed by atoms with Gasteiger partial charge in [0, 0.05) is 61.9 Å². The summed E-state index contributed by atoms with van der Waals surface area (Å²) >= 11 is 1.50. The van der Waals surface area contributed by atoms with Crippen LogP contribution in [0.1, 0.15) is 15.2 Å². The van der Waals surface area contributed by atoms with Crippen LogP contribution in [-0.2, 0) is 16.6 Å². The number of hydrogen-bond donors (Lipinski definition) is 2. The Morgan fingerprint density at radius 2 is 1.64 bits per heavy atom. The molecule has 9 heteroatoms. The van der Waals surface area contributed by atoms with E-state index in [-0.39, 0.29) is 17.3 Å². The Kier molecular flexibility index (Phi) is 7.77. The fraction of sp³-hybridized carbons (Fsp3) is 0.292. The molecule has 1 aromatic heterocycles. The maximum atomic E-state index is 12.5. The number of thiophene rings is 1. The van der Waals surface area contributed by atoms with E-state index >= 15 is 0 Å². The minimum absolute atomic E-state index is 0.145. The van der Waals surface area contributed by atoms with Gasteiger partial charge in [0.1, 0.15) is 0 Å². The van der Waals surface area contributed by atoms with Gasteiger partial charge in [0.25, 0.3) is 5.91 Å². The second kappa shape index (κ2) is 10.9. The lowest BCUT2D eigenvalue weighted by Crippen LogP contribution is -2.48. The number of sulfonamides is 1. The van der Waals surface area contributed by atoms with Crippen molar-refractivity contribution in [2.24, 2.45) is 0 Å². The maximum absolute atomic E-state index is 12.5. The second-order valence-electron chi connectivity index (χ2n) is 7.85. The minimum Gasteiger partial charge on any atom is -0.369 e. The highest BCUT2D eigenvalue weighted by Crippen LogP contribution is 2.16. The van der Waals surface area contributed by atoms with Crippen LogP contribution in [0.2, 0.25) is 0 Å². The molecule has 1 amide bonds. The van der Waals surface area contributed by atoms with Crippen molar-refractivity contribution in [1.29, 1.82) is 0 Å². The SMILES string of the molecule is O=C(NCCN1CCN(c2ccccc2)CC1)c1ccc(S(=O)(=O)NCc2cccs2)cc1. The van der Waals surface area contributed by atoms with E-state index in [1.165, 1.54) is 29.2 Å². The highest BCUT2D eigenvalue weighted by atomic mass is 32.2. The highest BCUT2D eigenvalue weighted by Gasteiger charge is 2.18. The summed E-state index contributed by atoms with van der Waals surface area (Å²) in [6.45, 7) is 5.43. The normalized spacial score (nSPS) is 14.8. The number of carbonyl (C=O) groups is 1. The summed E-state index contributed by atoms with van der Waals surface area (Å²) in [5, 5.41) is 4.84. The predicted molar refractivity (Wildman–Crippen MR) is 132 cm³/mol. The molecular formula is C24H28N4O3S2. The van der Waals surface area contributed by atoms with Gasteiger partial charge in [-0.1, -0.05) is 24.3 Å². The first-order chi connectivity index (χ1) is 16.0. The standard InChI is InChI=1S/C24H28N4O3S2/c29-24(25-12-13-27-14-16-28(17-15-27)21-5-2-1-3-6-21)20-8-10-23(11-9-20)33(30,31)26-19-22-7-4-18-32-22/h1-11,18,26H,12-17,19H2,(H,25,29). The second-order valence-corrected chi connectivity index (χ2v) is 10.6. The largest absolute Gasteiger partial charge is 0.369 e. The summed E-state index contributed by atoms with van der Waals surface area (Å²) < 4.78 is 27.5. The molecule has 0 spiro atoms. The van der Waals surface area contributed by atoms with E-state index in [1.807, 2.05) is 23.6 Å². The Balaban J connectivity index is 1.21. The van der Waals surface area contributed by atoms with Crippen molar-refractivity contribution in [3.63, 3.8) is 0 Å². The topological polar surface area (TPSA) is 81.8 Å². The van der Waals surface area contributed by atoms with Gasteiger partial charge in [-0.2, -0.15) is 0 Å². The lowest BCUT2D eigenvalue weighted by atomic mass is 10.2. The molecule has 7 nitrogen and oxygen atoms in total. The lowest BCUT2D eigenvalue weighted by Gasteiger charge is -2.36. The molecule has 0 atom stereocenters. The van der Waals surface area contributed by atoms with Gasteiger partial charge in [-0.25, -0.2) is 13.1 Å². The van der Waals surface area contributed by atoms with Crippen molar-refractivity contribution in [2.45, 2.75) is 11.4 Å². The first-order valence-electron chi connectivity index (χ1n) is 10.9. The molecular weight excluding hydrogens is 456 g/mol. The van der Waals surface area contributed by atoms with Crippen LogP contribution < -0.4 is 14.9 Å². The number of nitrogens with one attached hydrogen (secondary N) is 2. The zero-order chi connectivity index (χ0) is 23.1. The van der Waals surface area contributed by atoms with Gasteiger partial charge in [-0.3, -0.25) is 9.69 Å². The molecule has 0 radical (unpaired) electrons. The summed E-state index contributed by atoms with van der Waals surface area (Å²) in [7, 11) is -3.62. The van der Waals surface area contributed by atoms with Gasteiger partial charge < -0.3 is 10.2 Å². The predicted octanol–water partition coefficient (Wildman–Crippen LogP) is 2.78. The number of carbonyl (C=O) groups excluding carboxylic acids is 1. The molecule has 0 unspecified atom stereocenters. The smallest absolute Gasteiger partial charge is 0.251 e. The number of piperazine rings is 1. The molecule has 2 aromatic carbocycles. The van der Waals surface area contributed by atoms with E-state index in [4.69, 9.17) is 0 Å². The summed E-state index contributed by atoms with van der Waals surface area (Å²) in [6, 6.07) is 20.2. The van der Waals surface area contributed by atoms with Crippen LogP contribution in [0, 0.1) is 0 Å². The van der Waals surface area contributed by atoms with E-state index in [0.717, 1.165) is 37.6 Å². The first-order valence-corrected chi connectivity index (χ1v) is 13.3. The van der Waals surface area contributed by atoms with Crippen LogP contribution in [-0.4, -0.2) is 58.5 Å². The van der Waals surface area contributed by atoms with E-state index in [9.17, 15) is 13.2 Å². The highest BCUT2D eigenvalue weighted by molar-refractivity contribution is 7.89. The Labute approximate surface area is 199 Å². The number of hydrogen-bond acceptors (Lipinski definition) is 6. The maximum Gasteiger partial charge on any atom is 0.251 e. The molecule has 1 fully saturated rings. The summed E-state index contributed by atoms with van der Waals surface area (Å²) in [4.78, 5) is 18.3. The van der Waals surface area contributed by atoms with E-state index in [2.05, 4.69) is 44.1 Å². The number of amides is 1. The van der Waals surface area contributed by atoms with Gasteiger partial charge in [-0.05, 0) is 47.8 Å². The molecule has 1 aliphatic rings. The molecule has 0 aliphatic carbocycles. The third kappa shape index (κ3) is 6.42. The van der Waals surface area contributed by atoms with E-state index in [0.29, 0.717) is 12.1 Å². The molecule has 3 aromatic rings. The van der Waals surface area contributed by atoms with E-state index < -0.39 is 10.0 Å². The quantitative estimate of drug-likeness (QED) is 0.488. The monoisotopic (exact) mass is 484 g/mol. The summed E-state index contributed by atoms with van der Waals surface area (Å²) in [5.74, 6) is -0.201. The van der Waals surface area contributed by atoms with Crippen molar-refractivity contribution in [2.75, 3.05) is 44.2 Å². The molecule has 0 saturated carbocycles. The van der Waals surface area contributed by atoms with Crippen molar-refractivity contribution in [3.8, 4) is 0 Å². The molecule has 174 valence electrons. The van der Waals surface area contributed by atoms with Crippen LogP contribution in [0.25, 0.3) is 0 Å². The Hall–Kier alpha value is -2.72. The summed E-state index contributed by atoms with van der Waals surface area (Å²) in [5.41, 5.74) is 1.69. The molecule has 4 rings (SSSR count). The Morgan fingerprint density at radius 3 is 2.30 bits per heavy atom. The van der Waals surface area contributed by atoms with Gasteiger partial charge in [-0.15, -0.1) is 11.3 Å². The zero-order valence-corrected chi connectivity index (χ0v) is 19.9. The van der Waals surface area contributed by atoms with Crippen molar-refractivity contribution < 1.29 is 13.2 Å². The van der Waals surface area contributed by atoms with Crippen LogP contribution in [0.15, 0.2) is 77.0 Å². The van der Waals surface area contributed by atoms with Crippen LogP contribution >= 0.6 is 11.3 Å². The fourth-order valence-corrected chi connectivity index (χ4v) is 5.49. The third-order valence-corrected chi connectivity index (χ3v) is 7.94. The van der Waals surface area contributed by atoms with Gasteiger partial charge >= 0.3 is 0 Å². The Morgan fingerprint density at radius 1 is 0.909 bits per heavy atom. The van der Waals surface area contributed by atoms with Crippen molar-refractivity contribution in [1.82, 2.24) is 14.9 Å². The van der Waals surface area contributed by atoms with E-state index in [1.54, 1.807) is 12.1 Å². The lowest BCUT2D eigenvalue weighted by molar-refractivity contribution is 0.0947. The molecule has 1 aliphatic heterocycles. The van der Waals surface area contributed by atoms with Crippen LogP contribution in [0.3, 0.4) is 0 Å². The van der Waals surface area contributed by atoms with Crippen LogP contribution in [0.5, 0.6) is 0 Å². The molecule has 33 heavy (non-hydrogen) atoms. The average Bonchev–Trinajstić information content (AvgIpc) is 3.38. The fourth-order valence-electron chi connectivity index (χ4n) is 3.75. The number of nitrogens with zero attached hydrogens (tertiary/aromatic N) is 2. The van der Waals surface area contributed by atoms with Gasteiger partial charge in [0.05, 0.1) is 4.90 Å². The number of anilines is 1. The number of benzene rings is 2. The first kappa shape index (κ1) is 23.4. The number of para-hydroxylation sites is 1. The minimum atomic E-state index is -3.62. The third-order valence-electron chi connectivity index (χ3n) is 5.65. The Bertz CT molecular complexity index is 1130. The summed E-state index contributed by atoms with van der Waals surface area (Å²) in [6.07, 6.45) is 0. The van der Waals surface area contributed by atoms with Crippen molar-refractivity contribution in [3.05, 3.63) is 82.6 Å². The van der Waals surface area contributed by atoms with Gasteiger partial charge in [0.15, 0.2) is 0 Å². The van der Waals surface area contributed by atoms with Crippen molar-refractivity contribution >= 4 is 33.0 Å². The molecule has 1 saturated heterocycles. The molecule has 2 heterocycles.